The molecule has 0 spiro atoms. The van der Waals surface area contributed by atoms with Crippen molar-refractivity contribution in [3.8, 4) is 0 Å². The van der Waals surface area contributed by atoms with Crippen molar-refractivity contribution in [3.63, 3.8) is 0 Å². The zero-order valence-corrected chi connectivity index (χ0v) is 14.8. The van der Waals surface area contributed by atoms with E-state index in [9.17, 15) is 13.6 Å². The molecule has 0 saturated carbocycles. The molecule has 7 nitrogen and oxygen atoms in total. The monoisotopic (exact) mass is 372 g/mol. The van der Waals surface area contributed by atoms with Gasteiger partial charge in [-0.2, -0.15) is 5.10 Å². The molecule has 140 valence electrons. The maximum Gasteiger partial charge on any atom is 0.275 e. The first-order valence-corrected chi connectivity index (χ1v) is 8.16. The van der Waals surface area contributed by atoms with E-state index in [1.807, 2.05) is 0 Å². The zero-order valence-electron chi connectivity index (χ0n) is 14.8. The summed E-state index contributed by atoms with van der Waals surface area (Å²) in [6.07, 6.45) is 1.57. The van der Waals surface area contributed by atoms with Gasteiger partial charge in [-0.1, -0.05) is 18.2 Å². The van der Waals surface area contributed by atoms with E-state index in [4.69, 9.17) is 5.41 Å². The van der Waals surface area contributed by atoms with E-state index in [-0.39, 0.29) is 23.9 Å². The van der Waals surface area contributed by atoms with Crippen molar-refractivity contribution in [2.45, 2.75) is 26.1 Å². The number of carbonyl (C=O) groups is 1. The lowest BCUT2D eigenvalue weighted by molar-refractivity contribution is -0.131. The summed E-state index contributed by atoms with van der Waals surface area (Å²) in [4.78, 5) is 15.9. The van der Waals surface area contributed by atoms with Gasteiger partial charge in [0.2, 0.25) is 0 Å². The Bertz CT molecular complexity index is 1010. The fraction of sp³-hybridized carbons (Fsp3) is 0.222. The Labute approximate surface area is 153 Å². The second-order valence-corrected chi connectivity index (χ2v) is 6.40. The molecule has 0 bridgehead atoms. The van der Waals surface area contributed by atoms with Crippen LogP contribution in [0.2, 0.25) is 0 Å². The van der Waals surface area contributed by atoms with Crippen molar-refractivity contribution in [1.29, 1.82) is 5.41 Å². The lowest BCUT2D eigenvalue weighted by Crippen LogP contribution is -2.48. The number of hydrogen-bond donors (Lipinski definition) is 3. The quantitative estimate of drug-likeness (QED) is 0.372. The van der Waals surface area contributed by atoms with E-state index in [1.165, 1.54) is 10.7 Å². The number of nitrogens with one attached hydrogen (secondary N) is 3. The van der Waals surface area contributed by atoms with Gasteiger partial charge in [0.05, 0.1) is 11.9 Å². The van der Waals surface area contributed by atoms with Gasteiger partial charge in [-0.3, -0.25) is 21.1 Å². The van der Waals surface area contributed by atoms with Gasteiger partial charge in [0.25, 0.3) is 5.91 Å². The number of benzene rings is 1. The minimum absolute atomic E-state index is 0.122. The van der Waals surface area contributed by atoms with Gasteiger partial charge in [-0.25, -0.2) is 18.4 Å². The Morgan fingerprint density at radius 3 is 2.67 bits per heavy atom. The van der Waals surface area contributed by atoms with E-state index >= 15 is 0 Å². The molecule has 3 N–H and O–H groups in total. The number of nitrogens with zero attached hydrogens (tertiary/aromatic N) is 3. The number of fused-ring (bicyclic) bond motifs is 1. The van der Waals surface area contributed by atoms with Gasteiger partial charge in [-0.05, 0) is 32.0 Å². The summed E-state index contributed by atoms with van der Waals surface area (Å²) in [5.74, 6) is -1.53. The van der Waals surface area contributed by atoms with Crippen molar-refractivity contribution in [1.82, 2.24) is 25.6 Å². The first kappa shape index (κ1) is 18.4. The molecule has 3 aromatic rings. The number of rotatable bonds is 4. The molecule has 0 aliphatic rings. The molecule has 0 aliphatic carbocycles. The van der Waals surface area contributed by atoms with Crippen LogP contribution in [0.4, 0.5) is 8.78 Å². The average Bonchev–Trinajstić information content (AvgIpc) is 2.99. The SMILES string of the molecule is CC(C)(F)C(=O)NNC(=N)c1nn(Cc2ccccc2F)c2ncccc12. The molecule has 0 aliphatic heterocycles. The van der Waals surface area contributed by atoms with Gasteiger partial charge < -0.3 is 0 Å². The maximum absolute atomic E-state index is 14.0. The lowest BCUT2D eigenvalue weighted by atomic mass is 10.2. The van der Waals surface area contributed by atoms with Crippen LogP contribution in [0.1, 0.15) is 25.1 Å². The summed E-state index contributed by atoms with van der Waals surface area (Å²) < 4.78 is 29.0. The summed E-state index contributed by atoms with van der Waals surface area (Å²) in [7, 11) is 0. The van der Waals surface area contributed by atoms with Crippen molar-refractivity contribution in [2.75, 3.05) is 0 Å². The minimum Gasteiger partial charge on any atom is -0.281 e. The summed E-state index contributed by atoms with van der Waals surface area (Å²) in [5, 5.41) is 13.0. The first-order valence-electron chi connectivity index (χ1n) is 8.16. The molecule has 0 saturated heterocycles. The van der Waals surface area contributed by atoms with Crippen molar-refractivity contribution in [2.24, 2.45) is 0 Å². The van der Waals surface area contributed by atoms with E-state index in [0.29, 0.717) is 16.6 Å². The number of carbonyl (C=O) groups excluding carboxylic acids is 1. The second-order valence-electron chi connectivity index (χ2n) is 6.40. The summed E-state index contributed by atoms with van der Waals surface area (Å²) in [6, 6.07) is 9.69. The molecular weight excluding hydrogens is 354 g/mol. The molecule has 0 unspecified atom stereocenters. The normalized spacial score (nSPS) is 11.4. The molecule has 2 aromatic heterocycles. The first-order chi connectivity index (χ1) is 12.8. The Morgan fingerprint density at radius 2 is 1.96 bits per heavy atom. The third-order valence-corrected chi connectivity index (χ3v) is 3.86. The molecule has 1 aromatic carbocycles. The van der Waals surface area contributed by atoms with Gasteiger partial charge in [0.15, 0.2) is 17.2 Å². The highest BCUT2D eigenvalue weighted by Crippen LogP contribution is 2.18. The number of aromatic nitrogens is 3. The smallest absolute Gasteiger partial charge is 0.275 e. The number of alkyl halides is 1. The fourth-order valence-electron chi connectivity index (χ4n) is 2.42. The maximum atomic E-state index is 14.0. The molecule has 0 atom stereocenters. The van der Waals surface area contributed by atoms with Gasteiger partial charge in [0, 0.05) is 11.8 Å². The number of halogens is 2. The molecule has 27 heavy (non-hydrogen) atoms. The third-order valence-electron chi connectivity index (χ3n) is 3.86. The standard InChI is InChI=1S/C18H18F2N6O/c1-18(2,20)17(27)24-23-15(21)14-12-7-5-9-22-16(12)26(25-14)10-11-6-3-4-8-13(11)19/h3-9H,10H2,1-2H3,(H2,21,23)(H,24,27). The number of amides is 1. The number of hydrazine groups is 1. The number of pyridine rings is 1. The van der Waals surface area contributed by atoms with Crippen LogP contribution in [-0.2, 0) is 11.3 Å². The molecule has 0 radical (unpaired) electrons. The van der Waals surface area contributed by atoms with Crippen LogP contribution in [0.15, 0.2) is 42.6 Å². The van der Waals surface area contributed by atoms with Crippen LogP contribution in [0, 0.1) is 11.2 Å². The highest BCUT2D eigenvalue weighted by atomic mass is 19.1. The van der Waals surface area contributed by atoms with Crippen molar-refractivity contribution < 1.29 is 13.6 Å². The molecule has 3 rings (SSSR count). The molecule has 1 amide bonds. The van der Waals surface area contributed by atoms with Crippen LogP contribution >= 0.6 is 0 Å². The molecule has 2 heterocycles. The third kappa shape index (κ3) is 3.91. The van der Waals surface area contributed by atoms with Gasteiger partial charge in [-0.15, -0.1) is 0 Å². The largest absolute Gasteiger partial charge is 0.281 e. The van der Waals surface area contributed by atoms with Crippen molar-refractivity contribution >= 4 is 22.8 Å². The second kappa shape index (κ2) is 7.10. The van der Waals surface area contributed by atoms with Gasteiger partial charge in [0.1, 0.15) is 11.5 Å². The van der Waals surface area contributed by atoms with E-state index in [0.717, 1.165) is 13.8 Å². The summed E-state index contributed by atoms with van der Waals surface area (Å²) in [6.45, 7) is 2.34. The van der Waals surface area contributed by atoms with Crippen LogP contribution in [0.3, 0.4) is 0 Å². The Balaban J connectivity index is 1.89. The van der Waals surface area contributed by atoms with E-state index in [1.54, 1.807) is 36.5 Å². The summed E-state index contributed by atoms with van der Waals surface area (Å²) in [5.41, 5.74) is 3.47. The topological polar surface area (TPSA) is 95.7 Å². The predicted octanol–water partition coefficient (Wildman–Crippen LogP) is 2.31. The number of hydrogen-bond acceptors (Lipinski definition) is 4. The number of amidine groups is 1. The van der Waals surface area contributed by atoms with Crippen molar-refractivity contribution in [3.05, 3.63) is 59.7 Å². The van der Waals surface area contributed by atoms with Gasteiger partial charge >= 0.3 is 0 Å². The van der Waals surface area contributed by atoms with Crippen LogP contribution in [0.25, 0.3) is 11.0 Å². The van der Waals surface area contributed by atoms with Crippen LogP contribution in [-0.4, -0.2) is 32.2 Å². The molecule has 0 fully saturated rings. The Morgan fingerprint density at radius 1 is 1.22 bits per heavy atom. The Hall–Kier alpha value is -3.36. The Kier molecular flexibility index (Phi) is 4.85. The molecular formula is C18H18F2N6O. The average molecular weight is 372 g/mol. The highest BCUT2D eigenvalue weighted by molar-refractivity contribution is 6.06. The zero-order chi connectivity index (χ0) is 19.6. The van der Waals surface area contributed by atoms with Crippen LogP contribution in [0.5, 0.6) is 0 Å². The fourth-order valence-corrected chi connectivity index (χ4v) is 2.42. The lowest BCUT2D eigenvalue weighted by Gasteiger charge is -2.15. The van der Waals surface area contributed by atoms with E-state index < -0.39 is 11.6 Å². The predicted molar refractivity (Wildman–Crippen MR) is 96.3 cm³/mol. The minimum atomic E-state index is -2.10. The van der Waals surface area contributed by atoms with Crippen LogP contribution < -0.4 is 10.9 Å². The highest BCUT2D eigenvalue weighted by Gasteiger charge is 2.27. The summed E-state index contributed by atoms with van der Waals surface area (Å²) >= 11 is 0. The van der Waals surface area contributed by atoms with E-state index in [2.05, 4.69) is 20.9 Å². The molecule has 9 heteroatoms.